The number of carbonyl (C=O) groups excluding carboxylic acids is 2. The first kappa shape index (κ1) is 24.4. The number of esters is 1. The summed E-state index contributed by atoms with van der Waals surface area (Å²) in [5, 5.41) is 7.05. The molecular weight excluding hydrogens is 450 g/mol. The lowest BCUT2D eigenvalue weighted by atomic mass is 9.96. The van der Waals surface area contributed by atoms with Crippen LogP contribution in [0.2, 0.25) is 5.02 Å². The number of amides is 1. The van der Waals surface area contributed by atoms with Gasteiger partial charge < -0.3 is 4.74 Å². The second-order valence-electron chi connectivity index (χ2n) is 9.13. The van der Waals surface area contributed by atoms with E-state index in [1.54, 1.807) is 5.01 Å². The molecule has 2 heterocycles. The first-order chi connectivity index (χ1) is 16.4. The largest absolute Gasteiger partial charge is 0.466 e. The van der Waals surface area contributed by atoms with Gasteiger partial charge in [-0.15, -0.1) is 0 Å². The van der Waals surface area contributed by atoms with E-state index in [4.69, 9.17) is 21.4 Å². The summed E-state index contributed by atoms with van der Waals surface area (Å²) in [6, 6.07) is 13.7. The minimum atomic E-state index is -0.241. The fraction of sp³-hybridized carbons (Fsp3) is 0.444. The number of hydrogen-bond acceptors (Lipinski definition) is 5. The van der Waals surface area contributed by atoms with Crippen molar-refractivity contribution in [1.29, 1.82) is 0 Å². The third kappa shape index (κ3) is 5.34. The number of carbonyl (C=O) groups is 2. The number of benzene rings is 2. The van der Waals surface area contributed by atoms with Gasteiger partial charge >= 0.3 is 5.97 Å². The summed E-state index contributed by atoms with van der Waals surface area (Å²) in [6.07, 6.45) is 2.03. The maximum Gasteiger partial charge on any atom is 0.309 e. The van der Waals surface area contributed by atoms with Crippen molar-refractivity contribution in [3.63, 3.8) is 0 Å². The highest BCUT2D eigenvalue weighted by molar-refractivity contribution is 6.31. The Morgan fingerprint density at radius 2 is 1.82 bits per heavy atom. The molecule has 1 saturated heterocycles. The van der Waals surface area contributed by atoms with Gasteiger partial charge in [0.25, 0.3) is 5.91 Å². The number of likely N-dealkylation sites (tertiary alicyclic amines) is 1. The van der Waals surface area contributed by atoms with E-state index in [0.29, 0.717) is 44.0 Å². The Bertz CT molecular complexity index is 1090. The molecule has 0 spiro atoms. The molecular formula is C27H32ClN3O3. The smallest absolute Gasteiger partial charge is 0.309 e. The van der Waals surface area contributed by atoms with E-state index in [0.717, 1.165) is 16.8 Å². The predicted octanol–water partition coefficient (Wildman–Crippen LogP) is 4.91. The van der Waals surface area contributed by atoms with Gasteiger partial charge in [0.1, 0.15) is 0 Å². The minimum absolute atomic E-state index is 0.0571. The van der Waals surface area contributed by atoms with E-state index in [-0.39, 0.29) is 30.4 Å². The van der Waals surface area contributed by atoms with Crippen LogP contribution >= 0.6 is 11.6 Å². The van der Waals surface area contributed by atoms with Gasteiger partial charge in [0, 0.05) is 11.4 Å². The second-order valence-corrected chi connectivity index (χ2v) is 9.54. The van der Waals surface area contributed by atoms with Crippen LogP contribution < -0.4 is 0 Å². The molecule has 4 rings (SSSR count). The highest BCUT2D eigenvalue weighted by Crippen LogP contribution is 2.36. The van der Waals surface area contributed by atoms with Crippen LogP contribution in [0.25, 0.3) is 0 Å². The Morgan fingerprint density at radius 1 is 1.09 bits per heavy atom. The molecule has 2 aromatic rings. The summed E-state index contributed by atoms with van der Waals surface area (Å²) in [5.74, 6) is -0.267. The number of rotatable bonds is 6. The number of hydrazone groups is 1. The fourth-order valence-corrected chi connectivity index (χ4v) is 4.94. The topological polar surface area (TPSA) is 62.2 Å². The molecule has 0 unspecified atom stereocenters. The van der Waals surface area contributed by atoms with E-state index in [1.165, 1.54) is 11.1 Å². The third-order valence-electron chi connectivity index (χ3n) is 6.84. The Balaban J connectivity index is 1.52. The van der Waals surface area contributed by atoms with Gasteiger partial charge in [0.2, 0.25) is 0 Å². The van der Waals surface area contributed by atoms with Crippen molar-refractivity contribution in [2.45, 2.75) is 46.1 Å². The minimum Gasteiger partial charge on any atom is -0.466 e. The molecule has 2 aliphatic rings. The molecule has 180 valence electrons. The zero-order chi connectivity index (χ0) is 24.2. The second kappa shape index (κ2) is 10.7. The molecule has 0 aromatic heterocycles. The summed E-state index contributed by atoms with van der Waals surface area (Å²) in [6.45, 7) is 8.04. The molecule has 0 radical (unpaired) electrons. The van der Waals surface area contributed by atoms with Crippen LogP contribution in [0.3, 0.4) is 0 Å². The van der Waals surface area contributed by atoms with E-state index in [9.17, 15) is 9.59 Å². The van der Waals surface area contributed by atoms with E-state index in [2.05, 4.69) is 36.9 Å². The lowest BCUT2D eigenvalue weighted by molar-refractivity contribution is -0.149. The van der Waals surface area contributed by atoms with E-state index >= 15 is 0 Å². The van der Waals surface area contributed by atoms with Crippen molar-refractivity contribution in [3.05, 3.63) is 69.7 Å². The number of aryl methyl sites for hydroxylation is 2. The molecule has 2 aliphatic heterocycles. The molecule has 0 N–H and O–H groups in total. The molecule has 0 bridgehead atoms. The highest BCUT2D eigenvalue weighted by atomic mass is 35.5. The van der Waals surface area contributed by atoms with Crippen LogP contribution in [0.15, 0.2) is 47.6 Å². The normalized spacial score (nSPS) is 19.2. The highest BCUT2D eigenvalue weighted by Gasteiger charge is 2.35. The molecule has 7 heteroatoms. The Kier molecular flexibility index (Phi) is 7.69. The Morgan fingerprint density at radius 3 is 2.50 bits per heavy atom. The molecule has 2 aromatic carbocycles. The monoisotopic (exact) mass is 481 g/mol. The van der Waals surface area contributed by atoms with Crippen LogP contribution in [-0.4, -0.2) is 53.7 Å². The van der Waals surface area contributed by atoms with Crippen LogP contribution in [0.5, 0.6) is 0 Å². The van der Waals surface area contributed by atoms with Crippen LogP contribution in [0, 0.1) is 19.8 Å². The predicted molar refractivity (Wildman–Crippen MR) is 134 cm³/mol. The van der Waals surface area contributed by atoms with Crippen molar-refractivity contribution in [3.8, 4) is 0 Å². The number of ether oxygens (including phenoxy) is 1. The summed E-state index contributed by atoms with van der Waals surface area (Å²) >= 11 is 6.53. The van der Waals surface area contributed by atoms with Gasteiger partial charge in [-0.2, -0.15) is 5.10 Å². The zero-order valence-electron chi connectivity index (χ0n) is 20.1. The SMILES string of the molecule is CCOC(=O)C1CCN(CC(=O)N2N=C(c3ccc(C)c(C)c3)C[C@@H]2c2ccccc2Cl)CC1. The van der Waals surface area contributed by atoms with Gasteiger partial charge in [0.15, 0.2) is 0 Å². The summed E-state index contributed by atoms with van der Waals surface area (Å²) in [5.41, 5.74) is 5.25. The van der Waals surface area contributed by atoms with Gasteiger partial charge in [-0.1, -0.05) is 41.9 Å². The van der Waals surface area contributed by atoms with Crippen molar-refractivity contribution in [2.75, 3.05) is 26.2 Å². The Labute approximate surface area is 206 Å². The molecule has 1 atom stereocenters. The van der Waals surface area contributed by atoms with Gasteiger partial charge in [-0.3, -0.25) is 14.5 Å². The molecule has 1 amide bonds. The number of hydrogen-bond donors (Lipinski definition) is 0. The number of halogens is 1. The first-order valence-corrected chi connectivity index (χ1v) is 12.4. The molecule has 1 fully saturated rings. The first-order valence-electron chi connectivity index (χ1n) is 12.0. The summed E-state index contributed by atoms with van der Waals surface area (Å²) in [4.78, 5) is 27.6. The zero-order valence-corrected chi connectivity index (χ0v) is 20.8. The van der Waals surface area contributed by atoms with Crippen LogP contribution in [-0.2, 0) is 14.3 Å². The summed E-state index contributed by atoms with van der Waals surface area (Å²) in [7, 11) is 0. The maximum atomic E-state index is 13.5. The lowest BCUT2D eigenvalue weighted by Crippen LogP contribution is -2.43. The van der Waals surface area contributed by atoms with Crippen molar-refractivity contribution in [1.82, 2.24) is 9.91 Å². The quantitative estimate of drug-likeness (QED) is 0.550. The third-order valence-corrected chi connectivity index (χ3v) is 7.18. The standard InChI is InChI=1S/C27H32ClN3O3/c1-4-34-27(33)20-11-13-30(14-12-20)17-26(32)31-25(22-7-5-6-8-23(22)28)16-24(29-31)21-10-9-18(2)19(3)15-21/h5-10,15,20,25H,4,11-14,16-17H2,1-3H3/t25-/m1/s1. The van der Waals surface area contributed by atoms with Crippen molar-refractivity contribution < 1.29 is 14.3 Å². The number of nitrogens with zero attached hydrogens (tertiary/aromatic N) is 3. The van der Waals surface area contributed by atoms with Gasteiger partial charge in [-0.05, 0) is 81.1 Å². The van der Waals surface area contributed by atoms with E-state index in [1.807, 2.05) is 31.2 Å². The molecule has 34 heavy (non-hydrogen) atoms. The molecule has 0 aliphatic carbocycles. The van der Waals surface area contributed by atoms with Gasteiger partial charge in [-0.25, -0.2) is 5.01 Å². The average Bonchev–Trinajstić information content (AvgIpc) is 3.27. The molecule has 0 saturated carbocycles. The van der Waals surface area contributed by atoms with Crippen LogP contribution in [0.1, 0.15) is 54.5 Å². The maximum absolute atomic E-state index is 13.5. The van der Waals surface area contributed by atoms with E-state index < -0.39 is 0 Å². The van der Waals surface area contributed by atoms with Gasteiger partial charge in [0.05, 0.1) is 30.8 Å². The van der Waals surface area contributed by atoms with Crippen LogP contribution in [0.4, 0.5) is 0 Å². The number of piperidine rings is 1. The van der Waals surface area contributed by atoms with Crippen molar-refractivity contribution >= 4 is 29.2 Å². The molecule has 6 nitrogen and oxygen atoms in total. The fourth-order valence-electron chi connectivity index (χ4n) is 4.67. The lowest BCUT2D eigenvalue weighted by Gasteiger charge is -2.32. The Hall–Kier alpha value is -2.70. The summed E-state index contributed by atoms with van der Waals surface area (Å²) < 4.78 is 5.16. The van der Waals surface area contributed by atoms with Crippen molar-refractivity contribution in [2.24, 2.45) is 11.0 Å². The average molecular weight is 482 g/mol.